The summed E-state index contributed by atoms with van der Waals surface area (Å²) in [7, 11) is 0. The van der Waals surface area contributed by atoms with Crippen molar-refractivity contribution in [1.29, 1.82) is 0 Å². The number of anilines is 1. The molecule has 0 aromatic heterocycles. The summed E-state index contributed by atoms with van der Waals surface area (Å²) >= 11 is 0. The van der Waals surface area contributed by atoms with E-state index in [4.69, 9.17) is 10.5 Å². The van der Waals surface area contributed by atoms with Gasteiger partial charge in [0, 0.05) is 18.8 Å². The summed E-state index contributed by atoms with van der Waals surface area (Å²) < 4.78 is 5.90. The average molecular weight is 353 g/mol. The Bertz CT molecular complexity index is 646. The summed E-state index contributed by atoms with van der Waals surface area (Å²) in [5, 5.41) is 0. The van der Waals surface area contributed by atoms with Crippen LogP contribution in [-0.4, -0.2) is 31.2 Å². The van der Waals surface area contributed by atoms with Crippen LogP contribution in [0.2, 0.25) is 0 Å². The molecule has 26 heavy (non-hydrogen) atoms. The molecule has 2 aromatic carbocycles. The molecule has 1 aliphatic rings. The molecule has 2 aromatic rings. The smallest absolute Gasteiger partial charge is 0.0523 e. The van der Waals surface area contributed by atoms with E-state index < -0.39 is 0 Å². The van der Waals surface area contributed by atoms with Crippen LogP contribution in [0.1, 0.15) is 37.3 Å². The molecule has 3 rings (SSSR count). The molecule has 140 valence electrons. The SMILES string of the molecule is CCOCC1(CCc2ccccc2)CCN(Cc2ccc(N)cc2)CC1. The van der Waals surface area contributed by atoms with Crippen LogP contribution in [0.25, 0.3) is 0 Å². The van der Waals surface area contributed by atoms with Crippen molar-refractivity contribution < 1.29 is 4.74 Å². The van der Waals surface area contributed by atoms with Gasteiger partial charge in [-0.2, -0.15) is 0 Å². The van der Waals surface area contributed by atoms with Gasteiger partial charge in [-0.1, -0.05) is 42.5 Å². The van der Waals surface area contributed by atoms with Crippen molar-refractivity contribution in [3.05, 3.63) is 65.7 Å². The van der Waals surface area contributed by atoms with Gasteiger partial charge in [0.25, 0.3) is 0 Å². The topological polar surface area (TPSA) is 38.5 Å². The van der Waals surface area contributed by atoms with Gasteiger partial charge in [-0.05, 0) is 74.4 Å². The highest BCUT2D eigenvalue weighted by molar-refractivity contribution is 5.39. The van der Waals surface area contributed by atoms with E-state index >= 15 is 0 Å². The Morgan fingerprint density at radius 3 is 2.31 bits per heavy atom. The second kappa shape index (κ2) is 9.20. The summed E-state index contributed by atoms with van der Waals surface area (Å²) in [5.74, 6) is 0. The van der Waals surface area contributed by atoms with E-state index in [-0.39, 0.29) is 0 Å². The fourth-order valence-corrected chi connectivity index (χ4v) is 3.91. The van der Waals surface area contributed by atoms with Crippen LogP contribution in [0, 0.1) is 5.41 Å². The Balaban J connectivity index is 1.56. The van der Waals surface area contributed by atoms with E-state index in [1.165, 1.54) is 30.4 Å². The van der Waals surface area contributed by atoms with E-state index in [1.54, 1.807) is 0 Å². The molecule has 0 spiro atoms. The van der Waals surface area contributed by atoms with Crippen molar-refractivity contribution >= 4 is 5.69 Å². The number of rotatable bonds is 8. The molecule has 3 nitrogen and oxygen atoms in total. The number of nitrogens with two attached hydrogens (primary N) is 1. The van der Waals surface area contributed by atoms with Gasteiger partial charge >= 0.3 is 0 Å². The third-order valence-electron chi connectivity index (χ3n) is 5.70. The Hall–Kier alpha value is -1.84. The number of hydrogen-bond acceptors (Lipinski definition) is 3. The molecule has 1 saturated heterocycles. The van der Waals surface area contributed by atoms with Gasteiger partial charge in [0.05, 0.1) is 6.61 Å². The van der Waals surface area contributed by atoms with Gasteiger partial charge in [-0.3, -0.25) is 4.90 Å². The van der Waals surface area contributed by atoms with Crippen molar-refractivity contribution in [3.63, 3.8) is 0 Å². The monoisotopic (exact) mass is 352 g/mol. The quantitative estimate of drug-likeness (QED) is 0.710. The maximum absolute atomic E-state index is 5.90. The minimum absolute atomic E-state index is 0.323. The molecule has 0 saturated carbocycles. The standard InChI is InChI=1S/C23H32N2O/c1-2-26-19-23(13-12-20-6-4-3-5-7-20)14-16-25(17-15-23)18-21-8-10-22(24)11-9-21/h3-11H,2,12-19,24H2,1H3. The molecule has 1 fully saturated rings. The summed E-state index contributed by atoms with van der Waals surface area (Å²) in [6.07, 6.45) is 4.79. The highest BCUT2D eigenvalue weighted by Gasteiger charge is 2.34. The molecule has 0 bridgehead atoms. The van der Waals surface area contributed by atoms with E-state index in [1.807, 2.05) is 12.1 Å². The van der Waals surface area contributed by atoms with E-state index in [0.717, 1.165) is 45.0 Å². The van der Waals surface area contributed by atoms with E-state index in [0.29, 0.717) is 5.41 Å². The molecule has 0 amide bonds. The fourth-order valence-electron chi connectivity index (χ4n) is 3.91. The molecule has 2 N–H and O–H groups in total. The van der Waals surface area contributed by atoms with E-state index in [9.17, 15) is 0 Å². The zero-order valence-electron chi connectivity index (χ0n) is 16.0. The first-order valence-electron chi connectivity index (χ1n) is 9.88. The Labute approximate surface area is 158 Å². The number of piperidine rings is 1. The van der Waals surface area contributed by atoms with Crippen LogP contribution in [0.3, 0.4) is 0 Å². The van der Waals surface area contributed by atoms with Crippen LogP contribution < -0.4 is 5.73 Å². The average Bonchev–Trinajstić information content (AvgIpc) is 2.69. The third kappa shape index (κ3) is 5.33. The van der Waals surface area contributed by atoms with Crippen molar-refractivity contribution in [3.8, 4) is 0 Å². The predicted octanol–water partition coefficient (Wildman–Crippen LogP) is 4.52. The number of nitrogen functional groups attached to an aromatic ring is 1. The third-order valence-corrected chi connectivity index (χ3v) is 5.70. The van der Waals surface area contributed by atoms with Gasteiger partial charge in [-0.25, -0.2) is 0 Å². The lowest BCUT2D eigenvalue weighted by Gasteiger charge is -2.42. The minimum Gasteiger partial charge on any atom is -0.399 e. The number of nitrogens with zero attached hydrogens (tertiary/aromatic N) is 1. The molecule has 3 heteroatoms. The number of aryl methyl sites for hydroxylation is 1. The second-order valence-electron chi connectivity index (χ2n) is 7.64. The Morgan fingerprint density at radius 2 is 1.65 bits per heavy atom. The van der Waals surface area contributed by atoms with Gasteiger partial charge in [0.1, 0.15) is 0 Å². The molecular formula is C23H32N2O. The van der Waals surface area contributed by atoms with Gasteiger partial charge < -0.3 is 10.5 Å². The number of benzene rings is 2. The molecule has 0 aliphatic carbocycles. The maximum Gasteiger partial charge on any atom is 0.0523 e. The van der Waals surface area contributed by atoms with Crippen molar-refractivity contribution in [2.45, 2.75) is 39.2 Å². The lowest BCUT2D eigenvalue weighted by atomic mass is 9.74. The molecular weight excluding hydrogens is 320 g/mol. The summed E-state index contributed by atoms with van der Waals surface area (Å²) in [6.45, 7) is 7.11. The van der Waals surface area contributed by atoms with Crippen molar-refractivity contribution in [2.75, 3.05) is 32.0 Å². The van der Waals surface area contributed by atoms with Gasteiger partial charge in [-0.15, -0.1) is 0 Å². The highest BCUT2D eigenvalue weighted by Crippen LogP contribution is 2.37. The minimum atomic E-state index is 0.323. The Morgan fingerprint density at radius 1 is 0.962 bits per heavy atom. The lowest BCUT2D eigenvalue weighted by Crippen LogP contribution is -2.42. The largest absolute Gasteiger partial charge is 0.399 e. The van der Waals surface area contributed by atoms with Crippen LogP contribution in [0.4, 0.5) is 5.69 Å². The number of likely N-dealkylation sites (tertiary alicyclic amines) is 1. The Kier molecular flexibility index (Phi) is 6.70. The zero-order chi connectivity index (χ0) is 18.2. The van der Waals surface area contributed by atoms with Gasteiger partial charge in [0.2, 0.25) is 0 Å². The van der Waals surface area contributed by atoms with Gasteiger partial charge in [0.15, 0.2) is 0 Å². The number of hydrogen-bond donors (Lipinski definition) is 1. The van der Waals surface area contributed by atoms with Crippen LogP contribution in [0.5, 0.6) is 0 Å². The summed E-state index contributed by atoms with van der Waals surface area (Å²) in [4.78, 5) is 2.57. The van der Waals surface area contributed by atoms with Crippen LogP contribution in [-0.2, 0) is 17.7 Å². The highest BCUT2D eigenvalue weighted by atomic mass is 16.5. The second-order valence-corrected chi connectivity index (χ2v) is 7.64. The first-order chi connectivity index (χ1) is 12.7. The van der Waals surface area contributed by atoms with E-state index in [2.05, 4.69) is 54.3 Å². The predicted molar refractivity (Wildman–Crippen MR) is 109 cm³/mol. The van der Waals surface area contributed by atoms with Crippen LogP contribution >= 0.6 is 0 Å². The maximum atomic E-state index is 5.90. The molecule has 0 atom stereocenters. The normalized spacial score (nSPS) is 17.3. The van der Waals surface area contributed by atoms with Crippen molar-refractivity contribution in [1.82, 2.24) is 4.90 Å². The summed E-state index contributed by atoms with van der Waals surface area (Å²) in [5.41, 5.74) is 9.74. The molecule has 1 heterocycles. The summed E-state index contributed by atoms with van der Waals surface area (Å²) in [6, 6.07) is 19.1. The zero-order valence-corrected chi connectivity index (χ0v) is 16.0. The van der Waals surface area contributed by atoms with Crippen molar-refractivity contribution in [2.24, 2.45) is 5.41 Å². The fraction of sp³-hybridized carbons (Fsp3) is 0.478. The lowest BCUT2D eigenvalue weighted by molar-refractivity contribution is -0.00232. The van der Waals surface area contributed by atoms with Crippen LogP contribution in [0.15, 0.2) is 54.6 Å². The molecule has 1 aliphatic heterocycles. The first kappa shape index (κ1) is 18.9. The molecule has 0 radical (unpaired) electrons. The first-order valence-corrected chi connectivity index (χ1v) is 9.88. The number of ether oxygens (including phenoxy) is 1. The molecule has 0 unspecified atom stereocenters.